The highest BCUT2D eigenvalue weighted by molar-refractivity contribution is 7.09. The molecular formula is C15H25NOS. The molecule has 2 rings (SSSR count). The highest BCUT2D eigenvalue weighted by Gasteiger charge is 2.34. The van der Waals surface area contributed by atoms with E-state index in [-0.39, 0.29) is 11.0 Å². The van der Waals surface area contributed by atoms with Crippen LogP contribution in [0.1, 0.15) is 38.5 Å². The zero-order valence-electron chi connectivity index (χ0n) is 11.8. The zero-order valence-corrected chi connectivity index (χ0v) is 12.6. The van der Waals surface area contributed by atoms with E-state index in [9.17, 15) is 0 Å². The Morgan fingerprint density at radius 2 is 2.28 bits per heavy atom. The number of hydrogen-bond acceptors (Lipinski definition) is 3. The molecule has 1 unspecified atom stereocenters. The molecule has 18 heavy (non-hydrogen) atoms. The minimum atomic E-state index is 0.180. The van der Waals surface area contributed by atoms with Gasteiger partial charge in [0, 0.05) is 29.0 Å². The molecule has 0 saturated carbocycles. The number of rotatable bonds is 4. The molecular weight excluding hydrogens is 242 g/mol. The van der Waals surface area contributed by atoms with Gasteiger partial charge in [-0.1, -0.05) is 6.07 Å². The van der Waals surface area contributed by atoms with Crippen molar-refractivity contribution in [2.45, 2.75) is 45.6 Å². The predicted octanol–water partition coefficient (Wildman–Crippen LogP) is 3.48. The average Bonchev–Trinajstić information content (AvgIpc) is 2.80. The SMILES string of the molecule is CC(C)(C)NCC1(Cc2cccs2)CCCOC1. The van der Waals surface area contributed by atoms with E-state index >= 15 is 0 Å². The summed E-state index contributed by atoms with van der Waals surface area (Å²) in [4.78, 5) is 1.48. The molecule has 1 aromatic rings. The molecule has 0 aromatic carbocycles. The molecule has 102 valence electrons. The van der Waals surface area contributed by atoms with Crippen molar-refractivity contribution in [3.63, 3.8) is 0 Å². The first-order valence-corrected chi connectivity index (χ1v) is 7.72. The molecule has 1 N–H and O–H groups in total. The summed E-state index contributed by atoms with van der Waals surface area (Å²) in [6.45, 7) is 9.57. The van der Waals surface area contributed by atoms with Gasteiger partial charge in [0.2, 0.25) is 0 Å². The van der Waals surface area contributed by atoms with Crippen molar-refractivity contribution in [3.8, 4) is 0 Å². The lowest BCUT2D eigenvalue weighted by atomic mass is 9.78. The van der Waals surface area contributed by atoms with Crippen LogP contribution in [0.3, 0.4) is 0 Å². The largest absolute Gasteiger partial charge is 0.381 e. The van der Waals surface area contributed by atoms with Gasteiger partial charge < -0.3 is 10.1 Å². The van der Waals surface area contributed by atoms with Crippen LogP contribution in [0, 0.1) is 5.41 Å². The quantitative estimate of drug-likeness (QED) is 0.902. The first kappa shape index (κ1) is 14.0. The highest BCUT2D eigenvalue weighted by Crippen LogP contribution is 2.33. The van der Waals surface area contributed by atoms with Crippen molar-refractivity contribution < 1.29 is 4.74 Å². The van der Waals surface area contributed by atoms with E-state index in [1.165, 1.54) is 17.7 Å². The van der Waals surface area contributed by atoms with Crippen molar-refractivity contribution in [2.75, 3.05) is 19.8 Å². The fourth-order valence-corrected chi connectivity index (χ4v) is 3.37. The Morgan fingerprint density at radius 1 is 1.44 bits per heavy atom. The molecule has 1 aliphatic heterocycles. The van der Waals surface area contributed by atoms with E-state index in [0.29, 0.717) is 0 Å². The van der Waals surface area contributed by atoms with Gasteiger partial charge in [-0.3, -0.25) is 0 Å². The van der Waals surface area contributed by atoms with Crippen LogP contribution in [-0.4, -0.2) is 25.3 Å². The van der Waals surface area contributed by atoms with E-state index in [2.05, 4.69) is 43.6 Å². The van der Waals surface area contributed by atoms with Crippen molar-refractivity contribution >= 4 is 11.3 Å². The van der Waals surface area contributed by atoms with Crippen LogP contribution in [0.25, 0.3) is 0 Å². The summed E-state index contributed by atoms with van der Waals surface area (Å²) >= 11 is 1.87. The molecule has 3 heteroatoms. The van der Waals surface area contributed by atoms with Crippen LogP contribution >= 0.6 is 11.3 Å². The van der Waals surface area contributed by atoms with Crippen LogP contribution in [0.15, 0.2) is 17.5 Å². The summed E-state index contributed by atoms with van der Waals surface area (Å²) in [5.41, 5.74) is 0.469. The van der Waals surface area contributed by atoms with Gasteiger partial charge in [-0.25, -0.2) is 0 Å². The molecule has 0 radical (unpaired) electrons. The lowest BCUT2D eigenvalue weighted by Gasteiger charge is -2.39. The number of ether oxygens (including phenoxy) is 1. The van der Waals surface area contributed by atoms with E-state index in [0.717, 1.165) is 26.2 Å². The second-order valence-corrected chi connectivity index (χ2v) is 7.55. The second kappa shape index (κ2) is 5.72. The Labute approximate surface area is 115 Å². The first-order valence-electron chi connectivity index (χ1n) is 6.84. The van der Waals surface area contributed by atoms with Gasteiger partial charge >= 0.3 is 0 Å². The molecule has 0 amide bonds. The minimum Gasteiger partial charge on any atom is -0.381 e. The maximum atomic E-state index is 5.76. The Balaban J connectivity index is 2.02. The molecule has 1 atom stereocenters. The average molecular weight is 267 g/mol. The topological polar surface area (TPSA) is 21.3 Å². The fraction of sp³-hybridized carbons (Fsp3) is 0.733. The molecule has 2 heterocycles. The third-order valence-electron chi connectivity index (χ3n) is 3.53. The Morgan fingerprint density at radius 3 is 2.83 bits per heavy atom. The normalized spacial score (nSPS) is 25.3. The molecule has 1 aromatic heterocycles. The molecule has 2 nitrogen and oxygen atoms in total. The number of nitrogens with one attached hydrogen (secondary N) is 1. The first-order chi connectivity index (χ1) is 8.49. The van der Waals surface area contributed by atoms with E-state index in [1.54, 1.807) is 0 Å². The summed E-state index contributed by atoms with van der Waals surface area (Å²) in [5.74, 6) is 0. The molecule has 1 saturated heterocycles. The maximum absolute atomic E-state index is 5.76. The van der Waals surface area contributed by atoms with Gasteiger partial charge in [0.15, 0.2) is 0 Å². The maximum Gasteiger partial charge on any atom is 0.0538 e. The minimum absolute atomic E-state index is 0.180. The standard InChI is InChI=1S/C15H25NOS/c1-14(2,3)16-11-15(7-5-8-17-12-15)10-13-6-4-9-18-13/h4,6,9,16H,5,7-8,10-12H2,1-3H3. The number of thiophene rings is 1. The fourth-order valence-electron chi connectivity index (χ4n) is 2.49. The Kier molecular flexibility index (Phi) is 4.46. The van der Waals surface area contributed by atoms with Crippen LogP contribution in [0.4, 0.5) is 0 Å². The van der Waals surface area contributed by atoms with Gasteiger partial charge in [-0.2, -0.15) is 0 Å². The summed E-state index contributed by atoms with van der Waals surface area (Å²) < 4.78 is 5.76. The van der Waals surface area contributed by atoms with Crippen LogP contribution in [-0.2, 0) is 11.2 Å². The van der Waals surface area contributed by atoms with Gasteiger partial charge in [0.25, 0.3) is 0 Å². The monoisotopic (exact) mass is 267 g/mol. The Bertz CT molecular complexity index is 347. The summed E-state index contributed by atoms with van der Waals surface area (Å²) in [6.07, 6.45) is 3.61. The van der Waals surface area contributed by atoms with Gasteiger partial charge in [0.05, 0.1) is 6.61 Å². The molecule has 1 fully saturated rings. The smallest absolute Gasteiger partial charge is 0.0538 e. The Hall–Kier alpha value is -0.380. The summed E-state index contributed by atoms with van der Waals surface area (Å²) in [7, 11) is 0. The third-order valence-corrected chi connectivity index (χ3v) is 4.40. The van der Waals surface area contributed by atoms with E-state index in [1.807, 2.05) is 11.3 Å². The van der Waals surface area contributed by atoms with Crippen LogP contribution < -0.4 is 5.32 Å². The zero-order chi connectivity index (χ0) is 13.1. The molecule has 1 aliphatic rings. The van der Waals surface area contributed by atoms with Crippen molar-refractivity contribution in [1.29, 1.82) is 0 Å². The lowest BCUT2D eigenvalue weighted by Crippen LogP contribution is -2.48. The second-order valence-electron chi connectivity index (χ2n) is 6.52. The van der Waals surface area contributed by atoms with Gasteiger partial charge in [-0.05, 0) is 51.5 Å². The van der Waals surface area contributed by atoms with Gasteiger partial charge in [0.1, 0.15) is 0 Å². The number of hydrogen-bond donors (Lipinski definition) is 1. The summed E-state index contributed by atoms with van der Waals surface area (Å²) in [6, 6.07) is 4.40. The van der Waals surface area contributed by atoms with Crippen molar-refractivity contribution in [1.82, 2.24) is 5.32 Å². The van der Waals surface area contributed by atoms with Crippen LogP contribution in [0.2, 0.25) is 0 Å². The van der Waals surface area contributed by atoms with Crippen LogP contribution in [0.5, 0.6) is 0 Å². The molecule has 0 spiro atoms. The molecule has 0 aliphatic carbocycles. The van der Waals surface area contributed by atoms with Crippen molar-refractivity contribution in [3.05, 3.63) is 22.4 Å². The van der Waals surface area contributed by atoms with E-state index in [4.69, 9.17) is 4.74 Å². The summed E-state index contributed by atoms with van der Waals surface area (Å²) in [5, 5.41) is 5.84. The lowest BCUT2D eigenvalue weighted by molar-refractivity contribution is -0.00951. The van der Waals surface area contributed by atoms with Crippen molar-refractivity contribution in [2.24, 2.45) is 5.41 Å². The van der Waals surface area contributed by atoms with E-state index < -0.39 is 0 Å². The van der Waals surface area contributed by atoms with Gasteiger partial charge in [-0.15, -0.1) is 11.3 Å². The highest BCUT2D eigenvalue weighted by atomic mass is 32.1. The third kappa shape index (κ3) is 4.08. The predicted molar refractivity (Wildman–Crippen MR) is 78.3 cm³/mol. The molecule has 0 bridgehead atoms.